The van der Waals surface area contributed by atoms with E-state index >= 15 is 0 Å². The Bertz CT molecular complexity index is 1020. The van der Waals surface area contributed by atoms with Gasteiger partial charge in [-0.3, -0.25) is 0 Å². The summed E-state index contributed by atoms with van der Waals surface area (Å²) >= 11 is 0. The van der Waals surface area contributed by atoms with E-state index in [-0.39, 0.29) is 47.0 Å². The minimum Gasteiger partial charge on any atom is -0.507 e. The summed E-state index contributed by atoms with van der Waals surface area (Å²) < 4.78 is 49.9. The van der Waals surface area contributed by atoms with Crippen molar-refractivity contribution in [3.05, 3.63) is 47.5 Å². The number of rotatable bonds is 10. The Morgan fingerprint density at radius 2 is 1.08 bits per heavy atom. The van der Waals surface area contributed by atoms with Crippen LogP contribution in [0.4, 0.5) is 8.78 Å². The number of carbonyl (C=O) groups excluding carboxylic acids is 2. The van der Waals surface area contributed by atoms with Gasteiger partial charge in [0.1, 0.15) is 34.1 Å². The molecule has 0 aliphatic rings. The number of alkyl halides is 2. The fourth-order valence-corrected chi connectivity index (χ4v) is 2.79. The van der Waals surface area contributed by atoms with E-state index in [4.69, 9.17) is 18.9 Å². The summed E-state index contributed by atoms with van der Waals surface area (Å²) in [5.41, 5.74) is 0.0879. The fraction of sp³-hybridized carbons (Fsp3) is 0.481. The van der Waals surface area contributed by atoms with Gasteiger partial charge in [-0.15, -0.1) is 0 Å². The molecule has 0 heterocycles. The van der Waals surface area contributed by atoms with Gasteiger partial charge in [-0.25, -0.2) is 9.59 Å². The van der Waals surface area contributed by atoms with Crippen molar-refractivity contribution < 1.29 is 47.2 Å². The zero-order valence-electron chi connectivity index (χ0n) is 22.4. The highest BCUT2D eigenvalue weighted by molar-refractivity contribution is 5.93. The molecular formula is C27H36F2O8. The van der Waals surface area contributed by atoms with Crippen LogP contribution in [0.3, 0.4) is 0 Å². The van der Waals surface area contributed by atoms with E-state index in [0.29, 0.717) is 11.5 Å². The molecule has 0 saturated heterocycles. The predicted molar refractivity (Wildman–Crippen MR) is 134 cm³/mol. The second-order valence-corrected chi connectivity index (χ2v) is 8.96. The number of carbonyl (C=O) groups is 2. The quantitative estimate of drug-likeness (QED) is 0.356. The molecule has 2 aromatic rings. The molecule has 37 heavy (non-hydrogen) atoms. The third kappa shape index (κ3) is 11.8. The molecule has 0 atom stereocenters. The second kappa shape index (κ2) is 14.9. The van der Waals surface area contributed by atoms with Gasteiger partial charge in [0, 0.05) is 12.1 Å². The molecular weight excluding hydrogens is 490 g/mol. The normalized spacial score (nSPS) is 10.9. The van der Waals surface area contributed by atoms with Crippen LogP contribution in [0.15, 0.2) is 36.4 Å². The topological polar surface area (TPSA) is 101 Å². The number of hydrogen-bond donors (Lipinski definition) is 1. The highest BCUT2D eigenvalue weighted by Crippen LogP contribution is 2.28. The zero-order valence-corrected chi connectivity index (χ0v) is 22.4. The summed E-state index contributed by atoms with van der Waals surface area (Å²) in [7, 11) is 0. The van der Waals surface area contributed by atoms with Crippen LogP contribution in [-0.2, 0) is 9.47 Å². The average Bonchev–Trinajstić information content (AvgIpc) is 2.72. The molecule has 0 aromatic heterocycles. The molecule has 0 radical (unpaired) electrons. The Labute approximate surface area is 216 Å². The Morgan fingerprint density at radius 1 is 0.649 bits per heavy atom. The summed E-state index contributed by atoms with van der Waals surface area (Å²) in [5.74, 6) is -0.770. The van der Waals surface area contributed by atoms with Crippen LogP contribution in [0.25, 0.3) is 0 Å². The predicted octanol–water partition coefficient (Wildman–Crippen LogP) is 6.39. The van der Waals surface area contributed by atoms with Crippen LogP contribution in [0.1, 0.15) is 76.1 Å². The van der Waals surface area contributed by atoms with Crippen molar-refractivity contribution in [2.45, 2.75) is 86.4 Å². The van der Waals surface area contributed by atoms with E-state index in [1.807, 2.05) is 13.8 Å². The first kappa shape index (κ1) is 31.5. The van der Waals surface area contributed by atoms with E-state index in [2.05, 4.69) is 4.74 Å². The monoisotopic (exact) mass is 526 g/mol. The van der Waals surface area contributed by atoms with E-state index < -0.39 is 18.6 Å². The van der Waals surface area contributed by atoms with Crippen molar-refractivity contribution >= 4 is 11.9 Å². The number of esters is 2. The highest BCUT2D eigenvalue weighted by atomic mass is 19.3. The lowest BCUT2D eigenvalue weighted by molar-refractivity contribution is -0.0506. The molecule has 0 amide bonds. The van der Waals surface area contributed by atoms with E-state index in [0.717, 1.165) is 0 Å². The van der Waals surface area contributed by atoms with Crippen LogP contribution in [-0.4, -0.2) is 48.1 Å². The molecule has 0 bridgehead atoms. The van der Waals surface area contributed by atoms with E-state index in [1.54, 1.807) is 47.6 Å². The SMILES string of the molecule is CC(C)OC(=O)c1ccc(OC(C)C)cc1O.CC(C)OC(=O)c1ccc(OC(C)C)cc1OC(F)F. The van der Waals surface area contributed by atoms with Crippen molar-refractivity contribution in [2.24, 2.45) is 0 Å². The van der Waals surface area contributed by atoms with Gasteiger partial charge >= 0.3 is 18.6 Å². The van der Waals surface area contributed by atoms with Gasteiger partial charge in [0.15, 0.2) is 0 Å². The molecule has 0 aliphatic heterocycles. The van der Waals surface area contributed by atoms with E-state index in [1.165, 1.54) is 30.3 Å². The van der Waals surface area contributed by atoms with Crippen molar-refractivity contribution in [3.63, 3.8) is 0 Å². The number of phenols is 1. The number of phenolic OH excluding ortho intramolecular Hbond substituents is 1. The van der Waals surface area contributed by atoms with Crippen LogP contribution in [0.5, 0.6) is 23.0 Å². The van der Waals surface area contributed by atoms with Gasteiger partial charge in [-0.1, -0.05) is 0 Å². The number of ether oxygens (including phenoxy) is 5. The first-order chi connectivity index (χ1) is 17.2. The van der Waals surface area contributed by atoms with E-state index in [9.17, 15) is 23.5 Å². The maximum atomic E-state index is 12.4. The lowest BCUT2D eigenvalue weighted by Crippen LogP contribution is -2.15. The number of hydrogen-bond acceptors (Lipinski definition) is 8. The van der Waals surface area contributed by atoms with Crippen molar-refractivity contribution in [2.75, 3.05) is 0 Å². The number of benzene rings is 2. The first-order valence-corrected chi connectivity index (χ1v) is 11.9. The second-order valence-electron chi connectivity index (χ2n) is 8.96. The molecule has 0 fully saturated rings. The van der Waals surface area contributed by atoms with Crippen molar-refractivity contribution in [1.29, 1.82) is 0 Å². The highest BCUT2D eigenvalue weighted by Gasteiger charge is 2.19. The molecule has 0 spiro atoms. The first-order valence-electron chi connectivity index (χ1n) is 11.9. The van der Waals surface area contributed by atoms with Gasteiger partial charge in [0.25, 0.3) is 0 Å². The molecule has 1 N–H and O–H groups in total. The van der Waals surface area contributed by atoms with Crippen LogP contribution < -0.4 is 14.2 Å². The van der Waals surface area contributed by atoms with Gasteiger partial charge in [0.05, 0.1) is 24.4 Å². The lowest BCUT2D eigenvalue weighted by Gasteiger charge is -2.15. The number of aromatic hydroxyl groups is 1. The minimum absolute atomic E-state index is 0.0165. The summed E-state index contributed by atoms with van der Waals surface area (Å²) in [6.45, 7) is 11.2. The third-order valence-electron chi connectivity index (χ3n) is 4.01. The summed E-state index contributed by atoms with van der Waals surface area (Å²) in [6, 6.07) is 8.66. The smallest absolute Gasteiger partial charge is 0.387 e. The van der Waals surface area contributed by atoms with Gasteiger partial charge in [0.2, 0.25) is 0 Å². The Balaban J connectivity index is 0.000000375. The average molecular weight is 527 g/mol. The molecule has 206 valence electrons. The fourth-order valence-electron chi connectivity index (χ4n) is 2.79. The largest absolute Gasteiger partial charge is 0.507 e. The summed E-state index contributed by atoms with van der Waals surface area (Å²) in [4.78, 5) is 23.4. The maximum Gasteiger partial charge on any atom is 0.387 e. The molecule has 2 rings (SSSR count). The Hall–Kier alpha value is -3.56. The van der Waals surface area contributed by atoms with Gasteiger partial charge < -0.3 is 28.8 Å². The number of halogens is 2. The van der Waals surface area contributed by atoms with Crippen molar-refractivity contribution in [3.8, 4) is 23.0 Å². The molecule has 8 nitrogen and oxygen atoms in total. The third-order valence-corrected chi connectivity index (χ3v) is 4.01. The molecule has 0 saturated carbocycles. The minimum atomic E-state index is -3.03. The molecule has 0 aliphatic carbocycles. The standard InChI is InChI=1S/C14H18F2O4.C13H18O4/c1-8(2)18-10-5-6-11(13(17)19-9(3)4)12(7-10)20-14(15)16;1-8(2)16-10-5-6-11(12(14)7-10)13(15)17-9(3)4/h5-9,14H,1-4H3;5-9,14H,1-4H3. The van der Waals surface area contributed by atoms with Crippen molar-refractivity contribution in [1.82, 2.24) is 0 Å². The Kier molecular flexibility index (Phi) is 12.6. The summed E-state index contributed by atoms with van der Waals surface area (Å²) in [5, 5.41) is 9.71. The van der Waals surface area contributed by atoms with Gasteiger partial charge in [-0.2, -0.15) is 8.78 Å². The zero-order chi connectivity index (χ0) is 28.3. The van der Waals surface area contributed by atoms with Crippen LogP contribution >= 0.6 is 0 Å². The Morgan fingerprint density at radius 3 is 1.49 bits per heavy atom. The molecule has 0 unspecified atom stereocenters. The molecule has 2 aromatic carbocycles. The maximum absolute atomic E-state index is 12.4. The van der Waals surface area contributed by atoms with Crippen LogP contribution in [0.2, 0.25) is 0 Å². The molecule has 10 heteroatoms. The lowest BCUT2D eigenvalue weighted by atomic mass is 10.2. The van der Waals surface area contributed by atoms with Gasteiger partial charge in [-0.05, 0) is 79.7 Å². The van der Waals surface area contributed by atoms with Crippen LogP contribution in [0, 0.1) is 0 Å². The summed E-state index contributed by atoms with van der Waals surface area (Å²) in [6.07, 6.45) is -0.673.